The molecule has 1 aliphatic rings. The number of aromatic nitrogens is 1. The first-order valence-electron chi connectivity index (χ1n) is 12.6. The van der Waals surface area contributed by atoms with Crippen molar-refractivity contribution in [3.63, 3.8) is 0 Å². The second-order valence-corrected chi connectivity index (χ2v) is 9.31. The van der Waals surface area contributed by atoms with E-state index in [0.29, 0.717) is 0 Å². The van der Waals surface area contributed by atoms with Crippen LogP contribution in [0.4, 0.5) is 5.69 Å². The van der Waals surface area contributed by atoms with Crippen molar-refractivity contribution in [2.75, 3.05) is 38.0 Å². The highest BCUT2D eigenvalue weighted by Crippen LogP contribution is 2.31. The third kappa shape index (κ3) is 5.02. The Morgan fingerprint density at radius 2 is 1.63 bits per heavy atom. The van der Waals surface area contributed by atoms with Gasteiger partial charge in [-0.25, -0.2) is 0 Å². The molecule has 1 saturated heterocycles. The number of nitrogens with zero attached hydrogens (tertiary/aromatic N) is 3. The lowest BCUT2D eigenvalue weighted by Crippen LogP contribution is -2.52. The molecule has 5 nitrogen and oxygen atoms in total. The summed E-state index contributed by atoms with van der Waals surface area (Å²) in [5.41, 5.74) is 4.53. The van der Waals surface area contributed by atoms with Gasteiger partial charge in [0, 0.05) is 66.8 Å². The van der Waals surface area contributed by atoms with Gasteiger partial charge in [0.25, 0.3) is 0 Å². The number of nitrogens with one attached hydrogen (secondary N) is 1. The smallest absolute Gasteiger partial charge is 0.241 e. The lowest BCUT2D eigenvalue weighted by molar-refractivity contribution is -0.121. The average molecular weight is 467 g/mol. The van der Waals surface area contributed by atoms with E-state index >= 15 is 0 Å². The molecule has 0 aliphatic carbocycles. The molecule has 0 bridgehead atoms. The quantitative estimate of drug-likeness (QED) is 0.393. The van der Waals surface area contributed by atoms with Crippen molar-refractivity contribution in [1.29, 1.82) is 0 Å². The van der Waals surface area contributed by atoms with E-state index in [9.17, 15) is 4.79 Å². The third-order valence-electron chi connectivity index (χ3n) is 7.16. The maximum absolute atomic E-state index is 13.1. The van der Waals surface area contributed by atoms with Crippen LogP contribution in [0.5, 0.6) is 0 Å². The van der Waals surface area contributed by atoms with Crippen LogP contribution in [0.1, 0.15) is 19.4 Å². The molecule has 1 atom stereocenters. The van der Waals surface area contributed by atoms with Crippen LogP contribution in [-0.4, -0.2) is 59.0 Å². The largest absolute Gasteiger partial charge is 0.341 e. The molecule has 0 radical (unpaired) electrons. The Morgan fingerprint density at radius 1 is 0.914 bits per heavy atom. The highest BCUT2D eigenvalue weighted by Gasteiger charge is 2.25. The number of fused-ring (bicyclic) bond motifs is 3. The molecule has 5 rings (SSSR count). The first kappa shape index (κ1) is 23.3. The number of rotatable bonds is 7. The Hall–Kier alpha value is -3.41. The lowest BCUT2D eigenvalue weighted by Gasteiger charge is -2.37. The Kier molecular flexibility index (Phi) is 6.98. The maximum atomic E-state index is 13.1. The molecular formula is C30H34N4O. The highest BCUT2D eigenvalue weighted by atomic mass is 16.2. The van der Waals surface area contributed by atoms with Crippen molar-refractivity contribution in [3.8, 4) is 0 Å². The van der Waals surface area contributed by atoms with Gasteiger partial charge in [-0.1, -0.05) is 60.7 Å². The molecule has 1 aromatic heterocycles. The van der Waals surface area contributed by atoms with E-state index in [0.717, 1.165) is 45.0 Å². The normalized spacial score (nSPS) is 16.3. The summed E-state index contributed by atoms with van der Waals surface area (Å²) in [5, 5.41) is 5.59. The van der Waals surface area contributed by atoms with E-state index in [4.69, 9.17) is 0 Å². The number of amides is 1. The zero-order chi connectivity index (χ0) is 24.2. The van der Waals surface area contributed by atoms with Crippen molar-refractivity contribution in [2.45, 2.75) is 26.4 Å². The first-order chi connectivity index (χ1) is 17.1. The predicted octanol–water partition coefficient (Wildman–Crippen LogP) is 5.47. The number of aryl methyl sites for hydroxylation is 1. The molecule has 0 saturated carbocycles. The van der Waals surface area contributed by atoms with E-state index in [1.165, 1.54) is 27.4 Å². The molecule has 0 spiro atoms. The van der Waals surface area contributed by atoms with Crippen molar-refractivity contribution in [3.05, 3.63) is 84.4 Å². The second-order valence-electron chi connectivity index (χ2n) is 9.31. The van der Waals surface area contributed by atoms with Crippen LogP contribution in [0.25, 0.3) is 27.9 Å². The van der Waals surface area contributed by atoms with Gasteiger partial charge in [-0.3, -0.25) is 14.6 Å². The number of carbonyl (C=O) groups excluding carboxylic acids is 1. The molecule has 1 N–H and O–H groups in total. The monoisotopic (exact) mass is 466 g/mol. The number of piperazine rings is 1. The number of anilines is 1. The van der Waals surface area contributed by atoms with Crippen LogP contribution < -0.4 is 5.32 Å². The standard InChI is InChI=1S/C30H34N4O/c1-3-34-28-14-8-7-13-26(28)27-22-25(15-16-29(27)34)31-30(35)23(2)33-20-18-32(19-21-33)17-9-12-24-10-5-4-6-11-24/h4-16,22-23H,3,17-21H2,1-2H3,(H,31,35). The summed E-state index contributed by atoms with van der Waals surface area (Å²) in [6.45, 7) is 9.78. The average Bonchev–Trinajstić information content (AvgIpc) is 3.22. The summed E-state index contributed by atoms with van der Waals surface area (Å²) in [6, 6.07) is 25.0. The Bertz CT molecular complexity index is 1330. The molecule has 3 aromatic carbocycles. The van der Waals surface area contributed by atoms with Gasteiger partial charge < -0.3 is 9.88 Å². The van der Waals surface area contributed by atoms with Crippen molar-refractivity contribution in [2.24, 2.45) is 0 Å². The van der Waals surface area contributed by atoms with E-state index in [2.05, 4.69) is 99.4 Å². The van der Waals surface area contributed by atoms with Gasteiger partial charge in [0.2, 0.25) is 5.91 Å². The summed E-state index contributed by atoms with van der Waals surface area (Å²) < 4.78 is 2.33. The topological polar surface area (TPSA) is 40.5 Å². The van der Waals surface area contributed by atoms with Gasteiger partial charge in [-0.15, -0.1) is 0 Å². The predicted molar refractivity (Wildman–Crippen MR) is 147 cm³/mol. The van der Waals surface area contributed by atoms with Crippen LogP contribution in [0.3, 0.4) is 0 Å². The minimum absolute atomic E-state index is 0.0565. The van der Waals surface area contributed by atoms with Gasteiger partial charge in [-0.05, 0) is 43.7 Å². The van der Waals surface area contributed by atoms with Crippen LogP contribution in [-0.2, 0) is 11.3 Å². The van der Waals surface area contributed by atoms with Crippen molar-refractivity contribution in [1.82, 2.24) is 14.4 Å². The van der Waals surface area contributed by atoms with E-state index in [1.807, 2.05) is 19.1 Å². The zero-order valence-electron chi connectivity index (χ0n) is 20.7. The number of para-hydroxylation sites is 1. The summed E-state index contributed by atoms with van der Waals surface area (Å²) in [7, 11) is 0. The van der Waals surface area contributed by atoms with Crippen molar-refractivity contribution >= 4 is 39.5 Å². The van der Waals surface area contributed by atoms with Crippen LogP contribution in [0.15, 0.2) is 78.9 Å². The van der Waals surface area contributed by atoms with Crippen LogP contribution in [0, 0.1) is 0 Å². The molecule has 35 heavy (non-hydrogen) atoms. The zero-order valence-corrected chi connectivity index (χ0v) is 20.7. The van der Waals surface area contributed by atoms with Gasteiger partial charge >= 0.3 is 0 Å². The van der Waals surface area contributed by atoms with Gasteiger partial charge in [0.1, 0.15) is 0 Å². The molecular weight excluding hydrogens is 432 g/mol. The molecule has 4 aromatic rings. The Morgan fingerprint density at radius 3 is 2.40 bits per heavy atom. The van der Waals surface area contributed by atoms with E-state index in [1.54, 1.807) is 0 Å². The third-order valence-corrected chi connectivity index (χ3v) is 7.16. The molecule has 1 amide bonds. The first-order valence-corrected chi connectivity index (χ1v) is 12.6. The van der Waals surface area contributed by atoms with Crippen molar-refractivity contribution < 1.29 is 4.79 Å². The highest BCUT2D eigenvalue weighted by molar-refractivity contribution is 6.10. The van der Waals surface area contributed by atoms with Gasteiger partial charge in [-0.2, -0.15) is 0 Å². The molecule has 1 aliphatic heterocycles. The number of hydrogen-bond donors (Lipinski definition) is 1. The van der Waals surface area contributed by atoms with Crippen LogP contribution in [0.2, 0.25) is 0 Å². The summed E-state index contributed by atoms with van der Waals surface area (Å²) in [6.07, 6.45) is 4.41. The minimum atomic E-state index is -0.162. The summed E-state index contributed by atoms with van der Waals surface area (Å²) >= 11 is 0. The fourth-order valence-corrected chi connectivity index (χ4v) is 5.12. The Balaban J connectivity index is 1.19. The summed E-state index contributed by atoms with van der Waals surface area (Å²) in [4.78, 5) is 17.8. The minimum Gasteiger partial charge on any atom is -0.341 e. The molecule has 5 heteroatoms. The molecule has 1 unspecified atom stereocenters. The van der Waals surface area contributed by atoms with Gasteiger partial charge in [0.15, 0.2) is 0 Å². The summed E-state index contributed by atoms with van der Waals surface area (Å²) in [5.74, 6) is 0.0565. The SMILES string of the molecule is CCn1c2ccccc2c2cc(NC(=O)C(C)N3CCN(CC=Cc4ccccc4)CC3)ccc21. The fourth-order valence-electron chi connectivity index (χ4n) is 5.12. The van der Waals surface area contributed by atoms with E-state index in [-0.39, 0.29) is 11.9 Å². The lowest BCUT2D eigenvalue weighted by atomic mass is 10.1. The van der Waals surface area contributed by atoms with Gasteiger partial charge in [0.05, 0.1) is 6.04 Å². The Labute approximate surface area is 207 Å². The fraction of sp³-hybridized carbons (Fsp3) is 0.300. The molecule has 1 fully saturated rings. The number of hydrogen-bond acceptors (Lipinski definition) is 3. The molecule has 2 heterocycles. The number of benzene rings is 3. The van der Waals surface area contributed by atoms with E-state index < -0.39 is 0 Å². The second kappa shape index (κ2) is 10.5. The number of carbonyl (C=O) groups is 1. The maximum Gasteiger partial charge on any atom is 0.241 e. The van der Waals surface area contributed by atoms with Crippen LogP contribution >= 0.6 is 0 Å². The molecule has 180 valence electrons.